The highest BCUT2D eigenvalue weighted by molar-refractivity contribution is 9.10. The number of aryl methyl sites for hydroxylation is 1. The number of hydrogen-bond donors (Lipinski definition) is 1. The van der Waals surface area contributed by atoms with E-state index in [0.717, 1.165) is 10.0 Å². The van der Waals surface area contributed by atoms with Gasteiger partial charge in [0.25, 0.3) is 5.88 Å². The molecule has 0 spiro atoms. The number of aromatic nitrogens is 2. The van der Waals surface area contributed by atoms with E-state index in [1.165, 1.54) is 0 Å². The van der Waals surface area contributed by atoms with Gasteiger partial charge in [-0.2, -0.15) is 0 Å². The molecule has 84 valence electrons. The lowest BCUT2D eigenvalue weighted by Gasteiger charge is -2.03. The fourth-order valence-corrected chi connectivity index (χ4v) is 1.60. The van der Waals surface area contributed by atoms with Crippen LogP contribution in [0.4, 0.5) is 5.69 Å². The van der Waals surface area contributed by atoms with Crippen molar-refractivity contribution in [2.45, 2.75) is 6.61 Å². The second-order valence-corrected chi connectivity index (χ2v) is 4.39. The van der Waals surface area contributed by atoms with Crippen LogP contribution in [0.5, 0.6) is 5.88 Å². The molecule has 0 atom stereocenters. The van der Waals surface area contributed by atoms with Crippen LogP contribution in [0.2, 0.25) is 0 Å². The molecule has 5 heteroatoms. The average Bonchev–Trinajstić information content (AvgIpc) is 2.57. The Balaban J connectivity index is 2.02. The monoisotopic (exact) mass is 281 g/mol. The fourth-order valence-electron chi connectivity index (χ4n) is 1.33. The van der Waals surface area contributed by atoms with Crippen molar-refractivity contribution in [2.75, 3.05) is 5.73 Å². The maximum absolute atomic E-state index is 5.71. The van der Waals surface area contributed by atoms with Gasteiger partial charge in [0.1, 0.15) is 12.3 Å². The molecule has 4 nitrogen and oxygen atoms in total. The van der Waals surface area contributed by atoms with Gasteiger partial charge in [-0.05, 0) is 17.7 Å². The van der Waals surface area contributed by atoms with E-state index in [-0.39, 0.29) is 0 Å². The van der Waals surface area contributed by atoms with Crippen LogP contribution in [-0.2, 0) is 13.7 Å². The van der Waals surface area contributed by atoms with Crippen LogP contribution in [0, 0.1) is 0 Å². The third-order valence-corrected chi connectivity index (χ3v) is 2.64. The topological polar surface area (TPSA) is 53.1 Å². The number of anilines is 1. The minimum Gasteiger partial charge on any atom is -0.470 e. The summed E-state index contributed by atoms with van der Waals surface area (Å²) in [6.45, 7) is 0.467. The van der Waals surface area contributed by atoms with E-state index < -0.39 is 0 Å². The Labute approximate surface area is 102 Å². The lowest BCUT2D eigenvalue weighted by atomic mass is 10.2. The lowest BCUT2D eigenvalue weighted by molar-refractivity contribution is 0.292. The summed E-state index contributed by atoms with van der Waals surface area (Å²) in [4.78, 5) is 0. The molecule has 2 N–H and O–H groups in total. The zero-order valence-corrected chi connectivity index (χ0v) is 10.4. The first kappa shape index (κ1) is 11.0. The molecule has 0 bridgehead atoms. The molecule has 0 amide bonds. The highest BCUT2D eigenvalue weighted by Gasteiger charge is 2.05. The molecule has 1 aromatic carbocycles. The molecule has 1 heterocycles. The summed E-state index contributed by atoms with van der Waals surface area (Å²) in [6, 6.07) is 7.92. The largest absolute Gasteiger partial charge is 0.470 e. The first-order valence-electron chi connectivity index (χ1n) is 4.81. The van der Waals surface area contributed by atoms with E-state index in [0.29, 0.717) is 18.2 Å². The maximum atomic E-state index is 5.71. The Morgan fingerprint density at radius 1 is 1.38 bits per heavy atom. The molecule has 0 unspecified atom stereocenters. The van der Waals surface area contributed by atoms with Crippen molar-refractivity contribution in [1.82, 2.24) is 9.78 Å². The quantitative estimate of drug-likeness (QED) is 0.940. The molecule has 0 fully saturated rings. The number of ether oxygens (including phenoxy) is 1. The van der Waals surface area contributed by atoms with Crippen molar-refractivity contribution in [1.29, 1.82) is 0 Å². The Hall–Kier alpha value is -1.49. The number of rotatable bonds is 3. The number of nitrogens with zero attached hydrogens (tertiary/aromatic N) is 2. The fraction of sp³-hybridized carbons (Fsp3) is 0.182. The molecule has 0 aliphatic rings. The second kappa shape index (κ2) is 4.57. The third-order valence-electron chi connectivity index (χ3n) is 2.11. The molecule has 1 aromatic heterocycles. The van der Waals surface area contributed by atoms with Crippen molar-refractivity contribution >= 4 is 21.6 Å². The van der Waals surface area contributed by atoms with Crippen molar-refractivity contribution in [2.24, 2.45) is 7.05 Å². The van der Waals surface area contributed by atoms with Gasteiger partial charge in [-0.25, -0.2) is 0 Å². The molecule has 0 aliphatic carbocycles. The SMILES string of the molecule is Cn1cc(N)c(OCc2ccc(Br)cc2)n1. The molecule has 2 aromatic rings. The molecular formula is C11H12BrN3O. The Bertz CT molecular complexity index is 478. The van der Waals surface area contributed by atoms with Crippen LogP contribution in [0.1, 0.15) is 5.56 Å². The van der Waals surface area contributed by atoms with Crippen molar-refractivity contribution < 1.29 is 4.74 Å². The van der Waals surface area contributed by atoms with Gasteiger partial charge in [0, 0.05) is 11.5 Å². The summed E-state index contributed by atoms with van der Waals surface area (Å²) in [5.74, 6) is 0.477. The van der Waals surface area contributed by atoms with Gasteiger partial charge in [0.2, 0.25) is 0 Å². The summed E-state index contributed by atoms with van der Waals surface area (Å²) in [5.41, 5.74) is 7.35. The highest BCUT2D eigenvalue weighted by Crippen LogP contribution is 2.19. The van der Waals surface area contributed by atoms with E-state index in [1.807, 2.05) is 31.3 Å². The molecule has 2 rings (SSSR count). The molecule has 0 saturated carbocycles. The zero-order chi connectivity index (χ0) is 11.5. The van der Waals surface area contributed by atoms with Gasteiger partial charge in [0.15, 0.2) is 0 Å². The molecular weight excluding hydrogens is 270 g/mol. The summed E-state index contributed by atoms with van der Waals surface area (Å²) < 4.78 is 8.19. The Kier molecular flexibility index (Phi) is 3.14. The van der Waals surface area contributed by atoms with E-state index in [9.17, 15) is 0 Å². The number of nitrogens with two attached hydrogens (primary N) is 1. The van der Waals surface area contributed by atoms with Gasteiger partial charge >= 0.3 is 0 Å². The summed E-state index contributed by atoms with van der Waals surface area (Å²) in [6.07, 6.45) is 1.72. The van der Waals surface area contributed by atoms with Gasteiger partial charge in [0.05, 0.1) is 6.20 Å². The molecule has 0 saturated heterocycles. The summed E-state index contributed by atoms with van der Waals surface area (Å²) in [7, 11) is 1.81. The smallest absolute Gasteiger partial charge is 0.256 e. The highest BCUT2D eigenvalue weighted by atomic mass is 79.9. The predicted molar refractivity (Wildman–Crippen MR) is 66.1 cm³/mol. The maximum Gasteiger partial charge on any atom is 0.256 e. The standard InChI is InChI=1S/C11H12BrN3O/c1-15-6-10(13)11(14-15)16-7-8-2-4-9(12)5-3-8/h2-6H,7,13H2,1H3. The zero-order valence-electron chi connectivity index (χ0n) is 8.85. The van der Waals surface area contributed by atoms with Crippen LogP contribution < -0.4 is 10.5 Å². The first-order chi connectivity index (χ1) is 7.65. The van der Waals surface area contributed by atoms with E-state index >= 15 is 0 Å². The summed E-state index contributed by atoms with van der Waals surface area (Å²) in [5, 5.41) is 4.10. The minimum absolute atomic E-state index is 0.467. The minimum atomic E-state index is 0.467. The number of nitrogen functional groups attached to an aromatic ring is 1. The average molecular weight is 282 g/mol. The molecule has 16 heavy (non-hydrogen) atoms. The summed E-state index contributed by atoms with van der Waals surface area (Å²) >= 11 is 3.38. The van der Waals surface area contributed by atoms with Crippen molar-refractivity contribution in [3.8, 4) is 5.88 Å². The lowest BCUT2D eigenvalue weighted by Crippen LogP contribution is -1.98. The first-order valence-corrected chi connectivity index (χ1v) is 5.61. The predicted octanol–water partition coefficient (Wildman–Crippen LogP) is 2.34. The van der Waals surface area contributed by atoms with Gasteiger partial charge in [-0.1, -0.05) is 28.1 Å². The molecule has 0 aliphatic heterocycles. The van der Waals surface area contributed by atoms with E-state index in [2.05, 4.69) is 21.0 Å². The van der Waals surface area contributed by atoms with Crippen molar-refractivity contribution in [3.05, 3.63) is 40.5 Å². The Morgan fingerprint density at radius 2 is 2.06 bits per heavy atom. The van der Waals surface area contributed by atoms with Crippen LogP contribution in [-0.4, -0.2) is 9.78 Å². The molecule has 0 radical (unpaired) electrons. The van der Waals surface area contributed by atoms with Crippen LogP contribution in [0.15, 0.2) is 34.9 Å². The van der Waals surface area contributed by atoms with Crippen LogP contribution in [0.25, 0.3) is 0 Å². The van der Waals surface area contributed by atoms with E-state index in [4.69, 9.17) is 10.5 Å². The van der Waals surface area contributed by atoms with Gasteiger partial charge in [-0.15, -0.1) is 5.10 Å². The number of benzene rings is 1. The van der Waals surface area contributed by atoms with Crippen LogP contribution in [0.3, 0.4) is 0 Å². The third kappa shape index (κ3) is 2.55. The Morgan fingerprint density at radius 3 is 2.62 bits per heavy atom. The van der Waals surface area contributed by atoms with Crippen molar-refractivity contribution in [3.63, 3.8) is 0 Å². The van der Waals surface area contributed by atoms with E-state index in [1.54, 1.807) is 10.9 Å². The van der Waals surface area contributed by atoms with Crippen LogP contribution >= 0.6 is 15.9 Å². The van der Waals surface area contributed by atoms with Gasteiger partial charge in [-0.3, -0.25) is 4.68 Å². The number of halogens is 1. The van der Waals surface area contributed by atoms with Gasteiger partial charge < -0.3 is 10.5 Å². The number of hydrogen-bond acceptors (Lipinski definition) is 3. The second-order valence-electron chi connectivity index (χ2n) is 3.48. The normalized spacial score (nSPS) is 10.4.